The number of hydrogen-bond donors (Lipinski definition) is 2. The molecule has 0 aromatic carbocycles. The minimum atomic E-state index is 0.300. The highest BCUT2D eigenvalue weighted by molar-refractivity contribution is 5.10. The third-order valence-corrected chi connectivity index (χ3v) is 2.38. The third-order valence-electron chi connectivity index (χ3n) is 2.38. The summed E-state index contributed by atoms with van der Waals surface area (Å²) in [6.45, 7) is 6.97. The van der Waals surface area contributed by atoms with E-state index in [-0.39, 0.29) is 0 Å². The van der Waals surface area contributed by atoms with E-state index in [0.717, 1.165) is 13.1 Å². The first-order valence-electron chi connectivity index (χ1n) is 4.76. The Morgan fingerprint density at radius 3 is 2.62 bits per heavy atom. The van der Waals surface area contributed by atoms with Crippen LogP contribution in [0.5, 0.6) is 0 Å². The summed E-state index contributed by atoms with van der Waals surface area (Å²) in [5.74, 6) is 0. The van der Waals surface area contributed by atoms with Crippen LogP contribution in [0.15, 0.2) is 12.4 Å². The number of aromatic nitrogens is 2. The van der Waals surface area contributed by atoms with Gasteiger partial charge in [-0.1, -0.05) is 13.8 Å². The zero-order valence-corrected chi connectivity index (χ0v) is 8.33. The van der Waals surface area contributed by atoms with Crippen molar-refractivity contribution in [3.8, 4) is 0 Å². The van der Waals surface area contributed by atoms with E-state index >= 15 is 0 Å². The molecule has 0 amide bonds. The Kier molecular flexibility index (Phi) is 3.92. The van der Waals surface area contributed by atoms with Crippen LogP contribution in [-0.2, 0) is 0 Å². The van der Waals surface area contributed by atoms with Crippen LogP contribution in [0.4, 0.5) is 0 Å². The summed E-state index contributed by atoms with van der Waals surface area (Å²) in [7, 11) is 0. The van der Waals surface area contributed by atoms with Gasteiger partial charge in [-0.15, -0.1) is 0 Å². The maximum absolute atomic E-state index is 5.73. The number of nitrogens with one attached hydrogen (secondary N) is 1. The molecule has 4 nitrogen and oxygen atoms in total. The van der Waals surface area contributed by atoms with Crippen LogP contribution in [0.25, 0.3) is 0 Å². The Morgan fingerprint density at radius 2 is 2.23 bits per heavy atom. The molecule has 1 unspecified atom stereocenters. The Morgan fingerprint density at radius 1 is 1.54 bits per heavy atom. The predicted octanol–water partition coefficient (Wildman–Crippen LogP) is 0.751. The lowest BCUT2D eigenvalue weighted by atomic mass is 10.1. The van der Waals surface area contributed by atoms with Gasteiger partial charge in [-0.05, 0) is 13.1 Å². The lowest BCUT2D eigenvalue weighted by Gasteiger charge is -2.27. The Labute approximate surface area is 79.1 Å². The van der Waals surface area contributed by atoms with Crippen LogP contribution in [0.3, 0.4) is 0 Å². The smallest absolute Gasteiger partial charge is 0.0535 e. The molecule has 0 radical (unpaired) electrons. The number of nitrogens with two attached hydrogens (primary N) is 1. The van der Waals surface area contributed by atoms with E-state index in [1.807, 2.05) is 12.4 Å². The number of hydrogen-bond acceptors (Lipinski definition) is 3. The summed E-state index contributed by atoms with van der Waals surface area (Å²) in [5.41, 5.74) is 6.91. The van der Waals surface area contributed by atoms with Crippen LogP contribution < -0.4 is 5.73 Å². The molecule has 13 heavy (non-hydrogen) atoms. The summed E-state index contributed by atoms with van der Waals surface area (Å²) >= 11 is 0. The van der Waals surface area contributed by atoms with Crippen molar-refractivity contribution < 1.29 is 0 Å². The number of aromatic amines is 1. The lowest BCUT2D eigenvalue weighted by molar-refractivity contribution is 0.224. The van der Waals surface area contributed by atoms with Crippen molar-refractivity contribution in [2.45, 2.75) is 19.9 Å². The van der Waals surface area contributed by atoms with Crippen LogP contribution in [0, 0.1) is 0 Å². The fourth-order valence-corrected chi connectivity index (χ4v) is 1.60. The van der Waals surface area contributed by atoms with Gasteiger partial charge in [0.2, 0.25) is 0 Å². The van der Waals surface area contributed by atoms with Crippen LogP contribution in [-0.4, -0.2) is 34.7 Å². The molecule has 1 atom stereocenters. The maximum atomic E-state index is 5.73. The second-order valence-corrected chi connectivity index (χ2v) is 3.00. The van der Waals surface area contributed by atoms with Crippen molar-refractivity contribution in [2.75, 3.05) is 19.6 Å². The summed E-state index contributed by atoms with van der Waals surface area (Å²) in [6, 6.07) is 0.300. The molecule has 0 spiro atoms. The van der Waals surface area contributed by atoms with E-state index < -0.39 is 0 Å². The minimum absolute atomic E-state index is 0.300. The molecule has 0 saturated heterocycles. The summed E-state index contributed by atoms with van der Waals surface area (Å²) in [5, 5.41) is 6.75. The summed E-state index contributed by atoms with van der Waals surface area (Å²) in [6.07, 6.45) is 3.76. The first kappa shape index (κ1) is 10.2. The Bertz CT molecular complexity index is 216. The quantitative estimate of drug-likeness (QED) is 0.706. The predicted molar refractivity (Wildman–Crippen MR) is 53.3 cm³/mol. The van der Waals surface area contributed by atoms with E-state index in [0.29, 0.717) is 12.6 Å². The second kappa shape index (κ2) is 4.99. The zero-order chi connectivity index (χ0) is 9.68. The number of likely N-dealkylation sites (N-methyl/N-ethyl adjacent to an activating group) is 1. The van der Waals surface area contributed by atoms with Crippen LogP contribution in [0.1, 0.15) is 25.5 Å². The molecule has 0 bridgehead atoms. The molecule has 0 saturated carbocycles. The zero-order valence-electron chi connectivity index (χ0n) is 8.33. The topological polar surface area (TPSA) is 57.9 Å². The SMILES string of the molecule is CCN(CC)C(CN)c1cn[nH]c1. The standard InChI is InChI=1S/C9H18N4/c1-3-13(4-2)9(5-10)8-6-11-12-7-8/h6-7,9H,3-5,10H2,1-2H3,(H,11,12). The molecule has 0 aliphatic carbocycles. The highest BCUT2D eigenvalue weighted by Crippen LogP contribution is 2.17. The van der Waals surface area contributed by atoms with Gasteiger partial charge in [0, 0.05) is 18.3 Å². The van der Waals surface area contributed by atoms with Crippen molar-refractivity contribution >= 4 is 0 Å². The van der Waals surface area contributed by atoms with Crippen molar-refractivity contribution in [2.24, 2.45) is 5.73 Å². The van der Waals surface area contributed by atoms with Crippen molar-refractivity contribution in [1.82, 2.24) is 15.1 Å². The van der Waals surface area contributed by atoms with Gasteiger partial charge >= 0.3 is 0 Å². The van der Waals surface area contributed by atoms with Gasteiger partial charge < -0.3 is 5.73 Å². The number of rotatable bonds is 5. The van der Waals surface area contributed by atoms with Gasteiger partial charge in [0.05, 0.1) is 12.2 Å². The molecule has 1 aromatic heterocycles. The molecule has 4 heteroatoms. The molecule has 0 aliphatic rings. The highest BCUT2D eigenvalue weighted by Gasteiger charge is 2.16. The molecular weight excluding hydrogens is 164 g/mol. The van der Waals surface area contributed by atoms with Crippen molar-refractivity contribution in [1.29, 1.82) is 0 Å². The molecule has 1 heterocycles. The fraction of sp³-hybridized carbons (Fsp3) is 0.667. The Hall–Kier alpha value is -0.870. The maximum Gasteiger partial charge on any atom is 0.0535 e. The fourth-order valence-electron chi connectivity index (χ4n) is 1.60. The van der Waals surface area contributed by atoms with E-state index in [9.17, 15) is 0 Å². The highest BCUT2D eigenvalue weighted by atomic mass is 15.2. The average Bonchev–Trinajstić information content (AvgIpc) is 2.66. The average molecular weight is 182 g/mol. The third kappa shape index (κ3) is 2.29. The summed E-state index contributed by atoms with van der Waals surface area (Å²) < 4.78 is 0. The van der Waals surface area contributed by atoms with Gasteiger partial charge in [-0.25, -0.2) is 0 Å². The molecule has 0 aliphatic heterocycles. The normalized spacial score (nSPS) is 13.5. The van der Waals surface area contributed by atoms with E-state index in [2.05, 4.69) is 28.9 Å². The van der Waals surface area contributed by atoms with E-state index in [1.54, 1.807) is 0 Å². The molecule has 1 rings (SSSR count). The van der Waals surface area contributed by atoms with Gasteiger partial charge in [0.1, 0.15) is 0 Å². The molecule has 1 aromatic rings. The van der Waals surface area contributed by atoms with Crippen molar-refractivity contribution in [3.63, 3.8) is 0 Å². The molecule has 0 fully saturated rings. The second-order valence-electron chi connectivity index (χ2n) is 3.00. The molecular formula is C9H18N4. The monoisotopic (exact) mass is 182 g/mol. The number of H-pyrrole nitrogens is 1. The van der Waals surface area contributed by atoms with Gasteiger partial charge in [-0.2, -0.15) is 5.10 Å². The number of nitrogens with zero attached hydrogens (tertiary/aromatic N) is 2. The molecule has 74 valence electrons. The van der Waals surface area contributed by atoms with Crippen molar-refractivity contribution in [3.05, 3.63) is 18.0 Å². The minimum Gasteiger partial charge on any atom is -0.329 e. The van der Waals surface area contributed by atoms with Crippen LogP contribution in [0.2, 0.25) is 0 Å². The van der Waals surface area contributed by atoms with E-state index in [1.165, 1.54) is 5.56 Å². The van der Waals surface area contributed by atoms with Gasteiger partial charge in [0.25, 0.3) is 0 Å². The summed E-state index contributed by atoms with van der Waals surface area (Å²) in [4.78, 5) is 2.32. The Balaban J connectivity index is 2.72. The van der Waals surface area contributed by atoms with E-state index in [4.69, 9.17) is 5.73 Å². The molecule has 3 N–H and O–H groups in total. The van der Waals surface area contributed by atoms with Crippen LogP contribution >= 0.6 is 0 Å². The van der Waals surface area contributed by atoms with Gasteiger partial charge in [0.15, 0.2) is 0 Å². The first-order chi connectivity index (χ1) is 6.33. The van der Waals surface area contributed by atoms with Gasteiger partial charge in [-0.3, -0.25) is 10.00 Å². The first-order valence-corrected chi connectivity index (χ1v) is 4.76. The lowest BCUT2D eigenvalue weighted by Crippen LogP contribution is -2.33. The largest absolute Gasteiger partial charge is 0.329 e.